The highest BCUT2D eigenvalue weighted by molar-refractivity contribution is 6.11. The van der Waals surface area contributed by atoms with Crippen LogP contribution in [0.4, 0.5) is 17.1 Å². The van der Waals surface area contributed by atoms with Crippen LogP contribution in [0.2, 0.25) is 0 Å². The van der Waals surface area contributed by atoms with Gasteiger partial charge in [-0.05, 0) is 75.5 Å². The van der Waals surface area contributed by atoms with Crippen molar-refractivity contribution >= 4 is 28.9 Å². The zero-order valence-electron chi connectivity index (χ0n) is 19.5. The van der Waals surface area contributed by atoms with Crippen LogP contribution in [0.5, 0.6) is 5.75 Å². The zero-order chi connectivity index (χ0) is 24.1. The average molecular weight is 459 g/mol. The van der Waals surface area contributed by atoms with Crippen LogP contribution in [0.25, 0.3) is 0 Å². The number of aromatic hydroxyl groups is 1. The lowest BCUT2D eigenvalue weighted by Crippen LogP contribution is -2.28. The molecule has 7 heteroatoms. The summed E-state index contributed by atoms with van der Waals surface area (Å²) in [6.45, 7) is 5.93. The predicted octanol–water partition coefficient (Wildman–Crippen LogP) is 4.35. The van der Waals surface area contributed by atoms with Crippen LogP contribution in [0.15, 0.2) is 66.7 Å². The van der Waals surface area contributed by atoms with E-state index < -0.39 is 0 Å². The van der Waals surface area contributed by atoms with E-state index in [1.807, 2.05) is 31.2 Å². The SMILES string of the molecule is Cc1cccc(C(=O)Nc2cccc(O)c2NC(=O)c2ccc(N3CCCN(C)CC3)cc2)c1. The Kier molecular flexibility index (Phi) is 7.13. The molecule has 176 valence electrons. The standard InChI is InChI=1S/C27H30N4O3/c1-19-6-3-7-21(18-19)27(34)28-23-8-4-9-24(32)25(23)29-26(33)20-10-12-22(13-11-20)31-15-5-14-30(2)16-17-31/h3-4,6-13,18,32H,5,14-17H2,1-2H3,(H,28,34)(H,29,33). The summed E-state index contributed by atoms with van der Waals surface area (Å²) in [6, 6.07) is 19.4. The van der Waals surface area contributed by atoms with Crippen LogP contribution in [0.1, 0.15) is 32.7 Å². The molecule has 7 nitrogen and oxygen atoms in total. The summed E-state index contributed by atoms with van der Waals surface area (Å²) in [6.07, 6.45) is 1.10. The summed E-state index contributed by atoms with van der Waals surface area (Å²) < 4.78 is 0. The molecule has 0 atom stereocenters. The summed E-state index contributed by atoms with van der Waals surface area (Å²) in [4.78, 5) is 30.3. The number of benzene rings is 3. The minimum atomic E-state index is -0.366. The molecule has 1 aliphatic heterocycles. The number of phenols is 1. The first-order valence-electron chi connectivity index (χ1n) is 11.5. The van der Waals surface area contributed by atoms with Crippen LogP contribution < -0.4 is 15.5 Å². The second-order valence-corrected chi connectivity index (χ2v) is 8.67. The number of hydrogen-bond donors (Lipinski definition) is 3. The van der Waals surface area contributed by atoms with E-state index in [0.717, 1.165) is 43.9 Å². The van der Waals surface area contributed by atoms with Crippen LogP contribution in [0, 0.1) is 6.92 Å². The normalized spacial score (nSPS) is 14.4. The summed E-state index contributed by atoms with van der Waals surface area (Å²) >= 11 is 0. The minimum Gasteiger partial charge on any atom is -0.506 e. The summed E-state index contributed by atoms with van der Waals surface area (Å²) in [7, 11) is 2.13. The minimum absolute atomic E-state index is 0.124. The van der Waals surface area contributed by atoms with E-state index in [-0.39, 0.29) is 23.3 Å². The molecule has 1 aliphatic rings. The third-order valence-corrected chi connectivity index (χ3v) is 6.02. The third kappa shape index (κ3) is 5.55. The zero-order valence-corrected chi connectivity index (χ0v) is 19.5. The summed E-state index contributed by atoms with van der Waals surface area (Å²) in [5.41, 5.74) is 3.50. The Hall–Kier alpha value is -3.84. The molecule has 4 rings (SSSR count). The molecular formula is C27H30N4O3. The Morgan fingerprint density at radius 3 is 2.32 bits per heavy atom. The van der Waals surface area contributed by atoms with E-state index in [1.165, 1.54) is 6.07 Å². The quantitative estimate of drug-likeness (QED) is 0.495. The number of carbonyl (C=O) groups excluding carboxylic acids is 2. The van der Waals surface area contributed by atoms with E-state index in [4.69, 9.17) is 0 Å². The largest absolute Gasteiger partial charge is 0.506 e. The van der Waals surface area contributed by atoms with Crippen LogP contribution >= 0.6 is 0 Å². The van der Waals surface area contributed by atoms with Crippen molar-refractivity contribution in [3.8, 4) is 5.75 Å². The molecule has 0 spiro atoms. The topological polar surface area (TPSA) is 84.9 Å². The number of hydrogen-bond acceptors (Lipinski definition) is 5. The molecule has 1 fully saturated rings. The van der Waals surface area contributed by atoms with Gasteiger partial charge in [-0.3, -0.25) is 9.59 Å². The Balaban J connectivity index is 1.48. The van der Waals surface area contributed by atoms with E-state index in [0.29, 0.717) is 16.8 Å². The molecule has 3 aromatic carbocycles. The van der Waals surface area contributed by atoms with Gasteiger partial charge in [-0.2, -0.15) is 0 Å². The van der Waals surface area contributed by atoms with Gasteiger partial charge in [-0.15, -0.1) is 0 Å². The molecule has 0 radical (unpaired) electrons. The Morgan fingerprint density at radius 1 is 0.824 bits per heavy atom. The van der Waals surface area contributed by atoms with Crippen molar-refractivity contribution in [2.75, 3.05) is 48.8 Å². The monoisotopic (exact) mass is 458 g/mol. The first kappa shape index (κ1) is 23.3. The van der Waals surface area contributed by atoms with Gasteiger partial charge in [0.05, 0.1) is 5.69 Å². The molecule has 1 heterocycles. The van der Waals surface area contributed by atoms with Crippen LogP contribution in [-0.2, 0) is 0 Å². The molecule has 0 aromatic heterocycles. The van der Waals surface area contributed by atoms with Gasteiger partial charge in [0.15, 0.2) is 0 Å². The van der Waals surface area contributed by atoms with Gasteiger partial charge in [-0.1, -0.05) is 23.8 Å². The maximum Gasteiger partial charge on any atom is 0.255 e. The lowest BCUT2D eigenvalue weighted by atomic mass is 10.1. The van der Waals surface area contributed by atoms with Gasteiger partial charge in [-0.25, -0.2) is 0 Å². The first-order chi connectivity index (χ1) is 16.4. The lowest BCUT2D eigenvalue weighted by Gasteiger charge is -2.23. The van der Waals surface area contributed by atoms with Crippen molar-refractivity contribution in [2.24, 2.45) is 0 Å². The van der Waals surface area contributed by atoms with Crippen LogP contribution in [-0.4, -0.2) is 55.0 Å². The predicted molar refractivity (Wildman–Crippen MR) is 136 cm³/mol. The highest BCUT2D eigenvalue weighted by Gasteiger charge is 2.17. The fourth-order valence-electron chi connectivity index (χ4n) is 4.07. The number of para-hydroxylation sites is 1. The molecule has 1 saturated heterocycles. The molecular weight excluding hydrogens is 428 g/mol. The van der Waals surface area contributed by atoms with E-state index in [1.54, 1.807) is 36.4 Å². The highest BCUT2D eigenvalue weighted by Crippen LogP contribution is 2.32. The van der Waals surface area contributed by atoms with Gasteiger partial charge < -0.3 is 25.5 Å². The number of phenolic OH excluding ortho intramolecular Hbond substituents is 1. The van der Waals surface area contributed by atoms with Crippen molar-refractivity contribution in [3.05, 3.63) is 83.4 Å². The Bertz CT molecular complexity index is 1180. The molecule has 0 unspecified atom stereocenters. The van der Waals surface area contributed by atoms with Gasteiger partial charge in [0.2, 0.25) is 0 Å². The third-order valence-electron chi connectivity index (χ3n) is 6.02. The number of nitrogens with zero attached hydrogens (tertiary/aromatic N) is 2. The molecule has 3 N–H and O–H groups in total. The second kappa shape index (κ2) is 10.4. The van der Waals surface area contributed by atoms with Gasteiger partial charge in [0.1, 0.15) is 11.4 Å². The van der Waals surface area contributed by atoms with Crippen molar-refractivity contribution in [1.29, 1.82) is 0 Å². The second-order valence-electron chi connectivity index (χ2n) is 8.67. The number of likely N-dealkylation sites (N-methyl/N-ethyl adjacent to an activating group) is 1. The molecule has 0 aliphatic carbocycles. The number of aryl methyl sites for hydroxylation is 1. The van der Waals surface area contributed by atoms with Gasteiger partial charge >= 0.3 is 0 Å². The van der Waals surface area contributed by atoms with Crippen molar-refractivity contribution in [2.45, 2.75) is 13.3 Å². The Labute approximate surface area is 200 Å². The van der Waals surface area contributed by atoms with E-state index >= 15 is 0 Å². The van der Waals surface area contributed by atoms with E-state index in [2.05, 4.69) is 27.5 Å². The maximum atomic E-state index is 12.9. The van der Waals surface area contributed by atoms with Crippen molar-refractivity contribution in [3.63, 3.8) is 0 Å². The molecule has 34 heavy (non-hydrogen) atoms. The van der Waals surface area contributed by atoms with Gasteiger partial charge in [0, 0.05) is 36.4 Å². The average Bonchev–Trinajstić information content (AvgIpc) is 3.05. The summed E-state index contributed by atoms with van der Waals surface area (Å²) in [5.74, 6) is -0.812. The molecule has 3 aromatic rings. The number of nitrogens with one attached hydrogen (secondary N) is 2. The number of anilines is 3. The fourth-order valence-corrected chi connectivity index (χ4v) is 4.07. The van der Waals surface area contributed by atoms with Crippen LogP contribution in [0.3, 0.4) is 0 Å². The fraction of sp³-hybridized carbons (Fsp3) is 0.259. The molecule has 0 saturated carbocycles. The maximum absolute atomic E-state index is 12.9. The first-order valence-corrected chi connectivity index (χ1v) is 11.5. The lowest BCUT2D eigenvalue weighted by molar-refractivity contribution is 0.101. The van der Waals surface area contributed by atoms with Gasteiger partial charge in [0.25, 0.3) is 11.8 Å². The smallest absolute Gasteiger partial charge is 0.255 e. The number of carbonyl (C=O) groups is 2. The highest BCUT2D eigenvalue weighted by atomic mass is 16.3. The van der Waals surface area contributed by atoms with Crippen molar-refractivity contribution < 1.29 is 14.7 Å². The van der Waals surface area contributed by atoms with E-state index in [9.17, 15) is 14.7 Å². The van der Waals surface area contributed by atoms with Crippen molar-refractivity contribution in [1.82, 2.24) is 4.90 Å². The number of amides is 2. The number of rotatable bonds is 5. The molecule has 2 amide bonds. The summed E-state index contributed by atoms with van der Waals surface area (Å²) in [5, 5.41) is 15.9. The molecule has 0 bridgehead atoms. The Morgan fingerprint density at radius 2 is 1.56 bits per heavy atom.